The van der Waals surface area contributed by atoms with Crippen molar-refractivity contribution in [2.45, 2.75) is 24.5 Å². The Morgan fingerprint density at radius 1 is 1.13 bits per heavy atom. The Morgan fingerprint density at radius 2 is 1.83 bits per heavy atom. The smallest absolute Gasteiger partial charge is 0.338 e. The lowest BCUT2D eigenvalue weighted by atomic mass is 9.74. The molecule has 0 radical (unpaired) electrons. The number of esters is 1. The van der Waals surface area contributed by atoms with Gasteiger partial charge in [-0.3, -0.25) is 0 Å². The van der Waals surface area contributed by atoms with E-state index in [2.05, 4.69) is 6.07 Å². The van der Waals surface area contributed by atoms with Gasteiger partial charge in [-0.15, -0.1) is 0 Å². The second kappa shape index (κ2) is 7.62. The fourth-order valence-electron chi connectivity index (χ4n) is 3.99. The quantitative estimate of drug-likeness (QED) is 0.676. The van der Waals surface area contributed by atoms with E-state index in [0.717, 1.165) is 5.56 Å². The van der Waals surface area contributed by atoms with Crippen molar-refractivity contribution in [3.63, 3.8) is 0 Å². The molecule has 6 nitrogen and oxygen atoms in total. The van der Waals surface area contributed by atoms with E-state index in [4.69, 9.17) is 9.47 Å². The standard InChI is InChI=1S/C23H23NO5S/c1-23(2,19-12-16(28-3)8-9-17(19)22(25)29-4)20-11-15-7-6-14(13-24)10-18(15)21(20)30(5,26)27/h6-12,21H,1-5H3. The number of sulfone groups is 1. The summed E-state index contributed by atoms with van der Waals surface area (Å²) in [6, 6.07) is 12.1. The molecule has 0 saturated carbocycles. The number of rotatable bonds is 5. The maximum Gasteiger partial charge on any atom is 0.338 e. The van der Waals surface area contributed by atoms with E-state index in [1.54, 1.807) is 36.4 Å². The van der Waals surface area contributed by atoms with E-state index in [1.807, 2.05) is 19.9 Å². The predicted molar refractivity (Wildman–Crippen MR) is 114 cm³/mol. The van der Waals surface area contributed by atoms with Crippen LogP contribution in [0.5, 0.6) is 5.75 Å². The predicted octanol–water partition coefficient (Wildman–Crippen LogP) is 3.81. The normalized spacial score (nSPS) is 15.7. The molecule has 30 heavy (non-hydrogen) atoms. The summed E-state index contributed by atoms with van der Waals surface area (Å²) in [6.07, 6.45) is 3.02. The second-order valence-electron chi connectivity index (χ2n) is 7.79. The van der Waals surface area contributed by atoms with Gasteiger partial charge in [-0.1, -0.05) is 26.0 Å². The Labute approximate surface area is 176 Å². The maximum absolute atomic E-state index is 12.8. The fourth-order valence-corrected chi connectivity index (χ4v) is 5.48. The number of hydrogen-bond acceptors (Lipinski definition) is 6. The minimum atomic E-state index is -3.56. The summed E-state index contributed by atoms with van der Waals surface area (Å²) in [7, 11) is -0.733. The Morgan fingerprint density at radius 3 is 2.40 bits per heavy atom. The lowest BCUT2D eigenvalue weighted by molar-refractivity contribution is 0.0598. The largest absolute Gasteiger partial charge is 0.497 e. The van der Waals surface area contributed by atoms with Gasteiger partial charge in [0.1, 0.15) is 11.0 Å². The SMILES string of the molecule is COC(=O)c1ccc(OC)cc1C(C)(C)C1=Cc2ccc(C#N)cc2C1S(C)(=O)=O. The third kappa shape index (κ3) is 3.59. The van der Waals surface area contributed by atoms with Gasteiger partial charge in [0.25, 0.3) is 0 Å². The number of carbonyl (C=O) groups excluding carboxylic acids is 1. The molecule has 1 atom stereocenters. The van der Waals surface area contributed by atoms with Crippen molar-refractivity contribution >= 4 is 21.9 Å². The minimum absolute atomic E-state index is 0.338. The van der Waals surface area contributed by atoms with Gasteiger partial charge in [-0.05, 0) is 52.6 Å². The first-order valence-corrected chi connectivity index (χ1v) is 11.2. The molecule has 2 aromatic rings. The van der Waals surface area contributed by atoms with Crippen LogP contribution in [0.1, 0.15) is 51.7 Å². The molecule has 0 spiro atoms. The van der Waals surface area contributed by atoms with Gasteiger partial charge in [-0.2, -0.15) is 5.26 Å². The van der Waals surface area contributed by atoms with Crippen LogP contribution < -0.4 is 4.74 Å². The summed E-state index contributed by atoms with van der Waals surface area (Å²) in [5, 5.41) is 8.34. The number of ether oxygens (including phenoxy) is 2. The van der Waals surface area contributed by atoms with Crippen molar-refractivity contribution in [2.75, 3.05) is 20.5 Å². The summed E-state index contributed by atoms with van der Waals surface area (Å²) in [6.45, 7) is 3.74. The molecule has 1 aliphatic rings. The Kier molecular flexibility index (Phi) is 5.48. The van der Waals surface area contributed by atoms with E-state index in [1.165, 1.54) is 20.5 Å². The molecule has 0 saturated heterocycles. The zero-order valence-corrected chi connectivity index (χ0v) is 18.3. The number of methoxy groups -OCH3 is 2. The average Bonchev–Trinajstić information content (AvgIpc) is 3.12. The Balaban J connectivity index is 2.26. The molecule has 3 rings (SSSR count). The summed E-state index contributed by atoms with van der Waals surface area (Å²) in [5.74, 6) is 0.0315. The van der Waals surface area contributed by atoms with Crippen LogP contribution in [0.15, 0.2) is 42.0 Å². The Bertz CT molecular complexity index is 1200. The van der Waals surface area contributed by atoms with Crippen molar-refractivity contribution in [3.05, 3.63) is 69.8 Å². The molecular formula is C23H23NO5S. The topological polar surface area (TPSA) is 93.5 Å². The van der Waals surface area contributed by atoms with E-state index < -0.39 is 26.5 Å². The number of nitriles is 1. The highest BCUT2D eigenvalue weighted by Crippen LogP contribution is 2.50. The molecule has 0 aromatic heterocycles. The zero-order chi connectivity index (χ0) is 22.3. The molecule has 0 fully saturated rings. The molecule has 0 heterocycles. The summed E-state index contributed by atoms with van der Waals surface area (Å²) in [5.41, 5.74) is 2.42. The van der Waals surface area contributed by atoms with E-state index in [-0.39, 0.29) is 0 Å². The van der Waals surface area contributed by atoms with Crippen molar-refractivity contribution in [1.29, 1.82) is 5.26 Å². The van der Waals surface area contributed by atoms with E-state index in [0.29, 0.717) is 33.6 Å². The molecule has 7 heteroatoms. The van der Waals surface area contributed by atoms with Gasteiger partial charge in [0.2, 0.25) is 0 Å². The molecule has 1 unspecified atom stereocenters. The van der Waals surface area contributed by atoms with Crippen LogP contribution in [0, 0.1) is 11.3 Å². The van der Waals surface area contributed by atoms with Gasteiger partial charge in [-0.25, -0.2) is 13.2 Å². The maximum atomic E-state index is 12.8. The highest BCUT2D eigenvalue weighted by molar-refractivity contribution is 7.91. The van der Waals surface area contributed by atoms with Crippen LogP contribution in [-0.2, 0) is 20.0 Å². The number of nitrogens with zero attached hydrogens (tertiary/aromatic N) is 1. The third-order valence-electron chi connectivity index (χ3n) is 5.55. The van der Waals surface area contributed by atoms with Gasteiger partial charge in [0, 0.05) is 11.7 Å². The molecule has 2 aromatic carbocycles. The van der Waals surface area contributed by atoms with Crippen molar-refractivity contribution in [3.8, 4) is 11.8 Å². The third-order valence-corrected chi connectivity index (χ3v) is 6.91. The highest BCUT2D eigenvalue weighted by Gasteiger charge is 2.43. The van der Waals surface area contributed by atoms with Crippen LogP contribution in [0.3, 0.4) is 0 Å². The lowest BCUT2D eigenvalue weighted by Gasteiger charge is -2.32. The zero-order valence-electron chi connectivity index (χ0n) is 17.5. The van der Waals surface area contributed by atoms with Crippen LogP contribution in [-0.4, -0.2) is 34.9 Å². The molecular weight excluding hydrogens is 402 g/mol. The van der Waals surface area contributed by atoms with Gasteiger partial charge in [0.15, 0.2) is 9.84 Å². The fraction of sp³-hybridized carbons (Fsp3) is 0.304. The first-order chi connectivity index (χ1) is 14.0. The molecule has 0 bridgehead atoms. The molecule has 156 valence electrons. The minimum Gasteiger partial charge on any atom is -0.497 e. The summed E-state index contributed by atoms with van der Waals surface area (Å²) < 4.78 is 36.0. The van der Waals surface area contributed by atoms with Crippen LogP contribution >= 0.6 is 0 Å². The molecule has 0 N–H and O–H groups in total. The van der Waals surface area contributed by atoms with E-state index >= 15 is 0 Å². The van der Waals surface area contributed by atoms with Crippen molar-refractivity contribution in [1.82, 2.24) is 0 Å². The van der Waals surface area contributed by atoms with Crippen LogP contribution in [0.2, 0.25) is 0 Å². The van der Waals surface area contributed by atoms with Gasteiger partial charge < -0.3 is 9.47 Å². The summed E-state index contributed by atoms with van der Waals surface area (Å²) >= 11 is 0. The molecule has 0 aliphatic heterocycles. The Hall–Kier alpha value is -3.11. The number of carbonyl (C=O) groups is 1. The van der Waals surface area contributed by atoms with Crippen molar-refractivity contribution < 1.29 is 22.7 Å². The van der Waals surface area contributed by atoms with Gasteiger partial charge in [0.05, 0.1) is 31.4 Å². The first kappa shape index (κ1) is 21.6. The number of benzene rings is 2. The molecule has 0 amide bonds. The monoisotopic (exact) mass is 425 g/mol. The molecule has 1 aliphatic carbocycles. The summed E-state index contributed by atoms with van der Waals surface area (Å²) in [4.78, 5) is 12.4. The highest BCUT2D eigenvalue weighted by atomic mass is 32.2. The number of fused-ring (bicyclic) bond motifs is 1. The van der Waals surface area contributed by atoms with Gasteiger partial charge >= 0.3 is 5.97 Å². The average molecular weight is 426 g/mol. The van der Waals surface area contributed by atoms with Crippen LogP contribution in [0.25, 0.3) is 6.08 Å². The number of hydrogen-bond donors (Lipinski definition) is 0. The van der Waals surface area contributed by atoms with E-state index in [9.17, 15) is 18.5 Å². The van der Waals surface area contributed by atoms with Crippen molar-refractivity contribution in [2.24, 2.45) is 0 Å². The second-order valence-corrected chi connectivity index (χ2v) is 9.92. The van der Waals surface area contributed by atoms with Crippen LogP contribution in [0.4, 0.5) is 0 Å². The lowest BCUT2D eigenvalue weighted by Crippen LogP contribution is -2.29. The first-order valence-electron chi connectivity index (χ1n) is 9.26.